The van der Waals surface area contributed by atoms with Crippen LogP contribution in [0.1, 0.15) is 27.7 Å². The second-order valence-corrected chi connectivity index (χ2v) is 15.9. The number of carbonyl (C=O) groups excluding carboxylic acids is 2. The Bertz CT molecular complexity index is 951. The molecule has 5 saturated heterocycles. The topological polar surface area (TPSA) is 101 Å². The summed E-state index contributed by atoms with van der Waals surface area (Å²) in [6, 6.07) is 0.291. The normalized spacial score (nSPS) is 25.2. The van der Waals surface area contributed by atoms with Crippen LogP contribution < -0.4 is 0 Å². The van der Waals surface area contributed by atoms with E-state index in [0.717, 1.165) is 118 Å². The predicted octanol–water partition coefficient (Wildman–Crippen LogP) is -0.855. The van der Waals surface area contributed by atoms with Gasteiger partial charge in [0.15, 0.2) is 0 Å². The molecule has 14 heteroatoms. The fraction of sp³-hybridized carbons (Fsp3) is 0.944. The monoisotopic (exact) mass is 709 g/mol. The maximum atomic E-state index is 12.7. The number of piperazine rings is 5. The standard InChI is InChI=1S/C36H72N10O4/c1-5-41(6-2)35(49)43-13-9-37(10-14-43)29-33(47)31-39-17-21-45(22-18-39)25-27-46(28-26-45)23-19-40(20-24-46)32-34(48)30-38-11-15-44(16-12-38)36(50)42(7-3)8-4/h33-34,47-48H,5-32H2,1-4H3/q+2/t33-,34-/m1/s1. The maximum absolute atomic E-state index is 12.7. The van der Waals surface area contributed by atoms with Crippen molar-refractivity contribution in [1.29, 1.82) is 0 Å². The zero-order chi connectivity index (χ0) is 35.7. The lowest BCUT2D eigenvalue weighted by atomic mass is 10.1. The van der Waals surface area contributed by atoms with Crippen molar-refractivity contribution >= 4 is 12.1 Å². The van der Waals surface area contributed by atoms with Gasteiger partial charge in [0.25, 0.3) is 0 Å². The highest BCUT2D eigenvalue weighted by atomic mass is 16.3. The number of urea groups is 2. The molecule has 5 rings (SSSR count). The van der Waals surface area contributed by atoms with Gasteiger partial charge in [-0.2, -0.15) is 0 Å². The smallest absolute Gasteiger partial charge is 0.320 e. The van der Waals surface area contributed by atoms with E-state index in [4.69, 9.17) is 0 Å². The summed E-state index contributed by atoms with van der Waals surface area (Å²) in [5.41, 5.74) is 0. The first-order valence-electron chi connectivity index (χ1n) is 20.1. The first-order valence-corrected chi connectivity index (χ1v) is 20.1. The van der Waals surface area contributed by atoms with E-state index in [1.54, 1.807) is 0 Å². The van der Waals surface area contributed by atoms with E-state index in [2.05, 4.69) is 19.6 Å². The first kappa shape index (κ1) is 39.4. The van der Waals surface area contributed by atoms with Crippen molar-refractivity contribution in [2.45, 2.75) is 39.9 Å². The van der Waals surface area contributed by atoms with Gasteiger partial charge in [0.05, 0.1) is 38.4 Å². The summed E-state index contributed by atoms with van der Waals surface area (Å²) in [5, 5.41) is 21.9. The summed E-state index contributed by atoms with van der Waals surface area (Å²) in [7, 11) is 0. The quantitative estimate of drug-likeness (QED) is 0.253. The number of nitrogens with zero attached hydrogens (tertiary/aromatic N) is 10. The van der Waals surface area contributed by atoms with Crippen LogP contribution in [-0.2, 0) is 0 Å². The number of quaternary nitrogens is 2. The third-order valence-corrected chi connectivity index (χ3v) is 12.9. The molecule has 5 aliphatic rings. The van der Waals surface area contributed by atoms with Crippen molar-refractivity contribution in [3.63, 3.8) is 0 Å². The molecule has 5 fully saturated rings. The van der Waals surface area contributed by atoms with Gasteiger partial charge < -0.3 is 38.8 Å². The Hall–Kier alpha value is -1.78. The van der Waals surface area contributed by atoms with Gasteiger partial charge in [-0.1, -0.05) is 0 Å². The molecule has 2 atom stereocenters. The van der Waals surface area contributed by atoms with Crippen molar-refractivity contribution in [1.82, 2.24) is 39.2 Å². The lowest BCUT2D eigenvalue weighted by molar-refractivity contribution is -1.03. The summed E-state index contributed by atoms with van der Waals surface area (Å²) >= 11 is 0. The Morgan fingerprint density at radius 1 is 0.460 bits per heavy atom. The zero-order valence-electron chi connectivity index (χ0n) is 32.1. The molecule has 0 aromatic carbocycles. The van der Waals surface area contributed by atoms with E-state index in [-0.39, 0.29) is 24.3 Å². The summed E-state index contributed by atoms with van der Waals surface area (Å²) in [5.74, 6) is 0. The molecule has 288 valence electrons. The summed E-state index contributed by atoms with van der Waals surface area (Å²) in [6.45, 7) is 34.4. The van der Waals surface area contributed by atoms with Crippen LogP contribution in [-0.4, -0.2) is 266 Å². The second kappa shape index (κ2) is 18.3. The molecule has 4 amide bonds. The van der Waals surface area contributed by atoms with Crippen LogP contribution in [0.25, 0.3) is 0 Å². The Kier molecular flexibility index (Phi) is 14.4. The van der Waals surface area contributed by atoms with E-state index in [1.807, 2.05) is 47.3 Å². The molecule has 0 radical (unpaired) electrons. The molecule has 0 saturated carbocycles. The molecule has 5 heterocycles. The molecular weight excluding hydrogens is 636 g/mol. The SMILES string of the molecule is CCN(CC)C(=O)N1CCN(C[C@@H](O)CN2CC[N+]3(CC2)CC[N+]2(CCN(C[C@H](O)CN4CCN(C(=O)N(CC)CC)CC4)CC2)CC3)CC1. The summed E-state index contributed by atoms with van der Waals surface area (Å²) < 4.78 is 2.48. The number of hydrogen-bond acceptors (Lipinski definition) is 8. The highest BCUT2D eigenvalue weighted by Crippen LogP contribution is 2.24. The minimum Gasteiger partial charge on any atom is -0.390 e. The largest absolute Gasteiger partial charge is 0.390 e. The van der Waals surface area contributed by atoms with E-state index in [9.17, 15) is 19.8 Å². The Morgan fingerprint density at radius 3 is 0.980 bits per heavy atom. The Balaban J connectivity index is 0.939. The van der Waals surface area contributed by atoms with Gasteiger partial charge in [0, 0.05) is 131 Å². The van der Waals surface area contributed by atoms with Gasteiger partial charge in [0.1, 0.15) is 26.2 Å². The van der Waals surface area contributed by atoms with Gasteiger partial charge >= 0.3 is 12.1 Å². The molecule has 0 aromatic rings. The first-order chi connectivity index (χ1) is 24.1. The van der Waals surface area contributed by atoms with Crippen molar-refractivity contribution in [3.05, 3.63) is 0 Å². The number of carbonyl (C=O) groups is 2. The highest BCUT2D eigenvalue weighted by molar-refractivity contribution is 5.75. The molecule has 0 unspecified atom stereocenters. The molecule has 2 spiro atoms. The number of rotatable bonds is 12. The third-order valence-electron chi connectivity index (χ3n) is 12.9. The average molecular weight is 709 g/mol. The van der Waals surface area contributed by atoms with Crippen LogP contribution >= 0.6 is 0 Å². The van der Waals surface area contributed by atoms with Crippen molar-refractivity contribution < 1.29 is 28.8 Å². The van der Waals surface area contributed by atoms with E-state index < -0.39 is 0 Å². The lowest BCUT2D eigenvalue weighted by Gasteiger charge is -2.54. The van der Waals surface area contributed by atoms with Crippen LogP contribution in [0.3, 0.4) is 0 Å². The molecule has 14 nitrogen and oxygen atoms in total. The highest BCUT2D eigenvalue weighted by Gasteiger charge is 2.45. The van der Waals surface area contributed by atoms with Gasteiger partial charge in [-0.25, -0.2) is 9.59 Å². The molecule has 5 aliphatic heterocycles. The fourth-order valence-electron chi connectivity index (χ4n) is 9.13. The van der Waals surface area contributed by atoms with Crippen molar-refractivity contribution in [2.75, 3.05) is 183 Å². The van der Waals surface area contributed by atoms with Crippen molar-refractivity contribution in [3.8, 4) is 0 Å². The number of β-amino-alcohol motifs (C(OH)–C–C–N with tert-alkyl or cyclic N) is 2. The van der Waals surface area contributed by atoms with E-state index in [0.29, 0.717) is 13.1 Å². The second-order valence-electron chi connectivity index (χ2n) is 15.9. The fourth-order valence-corrected chi connectivity index (χ4v) is 9.13. The van der Waals surface area contributed by atoms with Crippen molar-refractivity contribution in [2.24, 2.45) is 0 Å². The minimum absolute atomic E-state index is 0.146. The van der Waals surface area contributed by atoms with Crippen LogP contribution in [0.4, 0.5) is 9.59 Å². The number of amides is 4. The number of aliphatic hydroxyl groups is 2. The summed E-state index contributed by atoms with van der Waals surface area (Å²) in [6.07, 6.45) is -0.704. The molecule has 50 heavy (non-hydrogen) atoms. The van der Waals surface area contributed by atoms with E-state index >= 15 is 0 Å². The lowest BCUT2D eigenvalue weighted by Crippen LogP contribution is -2.73. The van der Waals surface area contributed by atoms with Crippen LogP contribution in [0.2, 0.25) is 0 Å². The van der Waals surface area contributed by atoms with Gasteiger partial charge in [-0.15, -0.1) is 0 Å². The number of hydrogen-bond donors (Lipinski definition) is 2. The van der Waals surface area contributed by atoms with Crippen LogP contribution in [0.15, 0.2) is 0 Å². The molecule has 0 bridgehead atoms. The van der Waals surface area contributed by atoms with Gasteiger partial charge in [0.2, 0.25) is 0 Å². The molecule has 0 aromatic heterocycles. The third kappa shape index (κ3) is 10.2. The zero-order valence-corrected chi connectivity index (χ0v) is 32.1. The maximum Gasteiger partial charge on any atom is 0.320 e. The van der Waals surface area contributed by atoms with E-state index in [1.165, 1.54) is 61.3 Å². The number of aliphatic hydroxyl groups excluding tert-OH is 2. The minimum atomic E-state index is -0.352. The Morgan fingerprint density at radius 2 is 0.720 bits per heavy atom. The summed E-state index contributed by atoms with van der Waals surface area (Å²) in [4.78, 5) is 42.6. The van der Waals surface area contributed by atoms with Crippen LogP contribution in [0, 0.1) is 0 Å². The molecule has 2 N–H and O–H groups in total. The van der Waals surface area contributed by atoms with Gasteiger partial charge in [-0.3, -0.25) is 19.6 Å². The Labute approximate surface area is 302 Å². The predicted molar refractivity (Wildman–Crippen MR) is 197 cm³/mol. The molecular formula is C36H72N10O4+2. The van der Waals surface area contributed by atoms with Gasteiger partial charge in [-0.05, 0) is 27.7 Å². The average Bonchev–Trinajstić information content (AvgIpc) is 3.13. The molecule has 0 aliphatic carbocycles. The van der Waals surface area contributed by atoms with Crippen LogP contribution in [0.5, 0.6) is 0 Å².